The Morgan fingerprint density at radius 3 is 1.22 bits per heavy atom. The van der Waals surface area contributed by atoms with E-state index >= 15 is 0 Å². The van der Waals surface area contributed by atoms with Gasteiger partial charge in [-0.3, -0.25) is 9.59 Å². The third-order valence-electron chi connectivity index (χ3n) is 9.98. The first-order valence-electron chi connectivity index (χ1n) is 21.2. The van der Waals surface area contributed by atoms with E-state index in [-0.39, 0.29) is 43.9 Å². The molecule has 396 valence electrons. The maximum Gasteiger partial charge on any atom is 0.417 e. The van der Waals surface area contributed by atoms with Crippen LogP contribution in [0.5, 0.6) is 0 Å². The number of carboxylic acids is 1. The normalized spacial score (nSPS) is 12.9. The minimum absolute atomic E-state index is 0.0362. The molecule has 5 aromatic rings. The second kappa shape index (κ2) is 25.6. The Kier molecular flexibility index (Phi) is 20.3. The summed E-state index contributed by atoms with van der Waals surface area (Å²) in [5, 5.41) is 14.8. The zero-order valence-electron chi connectivity index (χ0n) is 38.0. The number of esters is 2. The molecule has 0 aliphatic carbocycles. The van der Waals surface area contributed by atoms with Gasteiger partial charge in [0.25, 0.3) is 0 Å². The van der Waals surface area contributed by atoms with Crippen LogP contribution in [-0.4, -0.2) is 72.2 Å². The van der Waals surface area contributed by atoms with Crippen LogP contribution in [0.1, 0.15) is 66.6 Å². The number of ketones is 1. The number of hydrogen-bond donors (Lipinski definition) is 3. The predicted molar refractivity (Wildman–Crippen MR) is 232 cm³/mol. The summed E-state index contributed by atoms with van der Waals surface area (Å²) in [6, 6.07) is 26.4. The van der Waals surface area contributed by atoms with Crippen molar-refractivity contribution in [1.82, 2.24) is 10.6 Å². The molecule has 5 aromatic carbocycles. The van der Waals surface area contributed by atoms with Crippen LogP contribution in [0.4, 0.5) is 57.5 Å². The highest BCUT2D eigenvalue weighted by Gasteiger charge is 2.45. The SMILES string of the molecule is CC(OCc1ccccc1)[C@H](NC(=O)[C@H](Cc1ccccc1)NC(=O)OCc1ccccc1)C(=O)O.O=C(COC(=O)c1c(C(F)(F)F)cccc1C(F)(F)F)COC(=O)c1c(C(F)(F)F)cccc1C(F)(F)F. The fourth-order valence-electron chi connectivity index (χ4n) is 6.47. The molecule has 2 amide bonds. The van der Waals surface area contributed by atoms with Gasteiger partial charge < -0.3 is 34.7 Å². The van der Waals surface area contributed by atoms with Gasteiger partial charge in [-0.05, 0) is 47.9 Å². The third kappa shape index (κ3) is 17.7. The summed E-state index contributed by atoms with van der Waals surface area (Å²) in [7, 11) is 0. The summed E-state index contributed by atoms with van der Waals surface area (Å²) >= 11 is 0. The Hall–Kier alpha value is -7.96. The first-order valence-corrected chi connectivity index (χ1v) is 21.2. The molecule has 25 heteroatoms. The van der Waals surface area contributed by atoms with Gasteiger partial charge in [0.15, 0.2) is 19.3 Å². The van der Waals surface area contributed by atoms with Gasteiger partial charge >= 0.3 is 48.7 Å². The number of alkyl carbamates (subject to hydrolysis) is 1. The van der Waals surface area contributed by atoms with Gasteiger partial charge in [-0.25, -0.2) is 19.2 Å². The Morgan fingerprint density at radius 1 is 0.486 bits per heavy atom. The number of nitrogens with one attached hydrogen (secondary N) is 2. The molecule has 0 spiro atoms. The summed E-state index contributed by atoms with van der Waals surface area (Å²) in [5.41, 5.74) is -9.83. The molecule has 0 saturated heterocycles. The maximum atomic E-state index is 13.2. The van der Waals surface area contributed by atoms with Crippen molar-refractivity contribution in [2.24, 2.45) is 0 Å². The zero-order valence-corrected chi connectivity index (χ0v) is 38.0. The second-order valence-electron chi connectivity index (χ2n) is 15.4. The second-order valence-corrected chi connectivity index (χ2v) is 15.4. The van der Waals surface area contributed by atoms with Crippen LogP contribution in [0.3, 0.4) is 0 Å². The number of carbonyl (C=O) groups is 6. The molecule has 0 aromatic heterocycles. The molecule has 1 unspecified atom stereocenters. The summed E-state index contributed by atoms with van der Waals surface area (Å²) < 4.78 is 177. The molecule has 5 rings (SSSR count). The first-order chi connectivity index (χ1) is 34.6. The lowest BCUT2D eigenvalue weighted by Gasteiger charge is -2.25. The standard InChI is InChI=1S/C28H30N2O6.C21H10F12O5/c1-20(35-18-22-13-7-3-8-14-22)25(27(32)33)30-26(31)24(17-21-11-5-2-6-12-21)29-28(34)36-19-23-15-9-4-10-16-23;22-18(23,24)10-3-1-4-11(19(25,26)27)14(10)16(35)37-7-9(34)8-38-17(36)15-12(20(28,29)30)5-2-6-13(15)21(31,32)33/h2-16,20,24-25H,17-19H2,1H3,(H,29,34)(H,30,31)(H,32,33);1-6H,7-8H2/t20?,24-,25-;/m0./s1. The fourth-order valence-corrected chi connectivity index (χ4v) is 6.47. The quantitative estimate of drug-likeness (QED) is 0.0431. The minimum atomic E-state index is -5.47. The lowest BCUT2D eigenvalue weighted by molar-refractivity contribution is -0.147. The van der Waals surface area contributed by atoms with Gasteiger partial charge in [-0.1, -0.05) is 103 Å². The van der Waals surface area contributed by atoms with E-state index in [9.17, 15) is 86.6 Å². The molecule has 0 fully saturated rings. The van der Waals surface area contributed by atoms with Gasteiger partial charge in [0.05, 0.1) is 46.1 Å². The van der Waals surface area contributed by atoms with Crippen LogP contribution >= 0.6 is 0 Å². The van der Waals surface area contributed by atoms with Crippen molar-refractivity contribution in [2.45, 2.75) is 69.5 Å². The summed E-state index contributed by atoms with van der Waals surface area (Å²) in [6.07, 6.45) is -23.4. The Morgan fingerprint density at radius 2 is 0.851 bits per heavy atom. The van der Waals surface area contributed by atoms with E-state index in [1.165, 1.54) is 0 Å². The van der Waals surface area contributed by atoms with E-state index in [2.05, 4.69) is 20.1 Å². The van der Waals surface area contributed by atoms with E-state index in [0.29, 0.717) is 12.1 Å². The highest BCUT2D eigenvalue weighted by molar-refractivity contribution is 5.97. The molecule has 0 radical (unpaired) electrons. The van der Waals surface area contributed by atoms with Crippen LogP contribution in [0, 0.1) is 0 Å². The number of aliphatic carboxylic acids is 1. The number of carboxylic acid groups (broad SMARTS) is 1. The number of Topliss-reactive ketones (excluding diaryl/α,β-unsaturated/α-hetero) is 1. The zero-order chi connectivity index (χ0) is 55.0. The van der Waals surface area contributed by atoms with Crippen molar-refractivity contribution in [3.63, 3.8) is 0 Å². The molecule has 3 N–H and O–H groups in total. The van der Waals surface area contributed by atoms with E-state index < -0.39 is 125 Å². The summed E-state index contributed by atoms with van der Waals surface area (Å²) in [6.45, 7) is -1.49. The number of hydrogen-bond acceptors (Lipinski definition) is 10. The van der Waals surface area contributed by atoms with Crippen molar-refractivity contribution in [1.29, 1.82) is 0 Å². The number of benzene rings is 5. The lowest BCUT2D eigenvalue weighted by Crippen LogP contribution is -2.55. The van der Waals surface area contributed by atoms with Crippen LogP contribution < -0.4 is 10.6 Å². The first kappa shape index (κ1) is 58.6. The van der Waals surface area contributed by atoms with Crippen molar-refractivity contribution >= 4 is 35.7 Å². The van der Waals surface area contributed by atoms with E-state index in [4.69, 9.17) is 9.47 Å². The summed E-state index contributed by atoms with van der Waals surface area (Å²) in [4.78, 5) is 73.4. The molecular weight excluding hydrogens is 1020 g/mol. The Labute approximate surface area is 411 Å². The smallest absolute Gasteiger partial charge is 0.417 e. The maximum absolute atomic E-state index is 13.2. The van der Waals surface area contributed by atoms with E-state index in [1.807, 2.05) is 91.0 Å². The van der Waals surface area contributed by atoms with Crippen molar-refractivity contribution < 1.29 is 106 Å². The Bertz CT molecular complexity index is 2560. The van der Waals surface area contributed by atoms with Gasteiger partial charge in [0.1, 0.15) is 12.6 Å². The summed E-state index contributed by atoms with van der Waals surface area (Å²) in [5.74, 6) is -8.08. The Balaban J connectivity index is 0.000000321. The lowest BCUT2D eigenvalue weighted by atomic mass is 10.00. The van der Waals surface area contributed by atoms with E-state index in [0.717, 1.165) is 16.7 Å². The molecule has 0 aliphatic heterocycles. The fraction of sp³-hybridized carbons (Fsp3) is 0.265. The van der Waals surface area contributed by atoms with Crippen LogP contribution in [-0.2, 0) is 77.7 Å². The van der Waals surface area contributed by atoms with Gasteiger partial charge in [-0.2, -0.15) is 52.7 Å². The molecule has 3 atom stereocenters. The van der Waals surface area contributed by atoms with E-state index in [1.54, 1.807) is 6.92 Å². The van der Waals surface area contributed by atoms with Gasteiger partial charge in [0.2, 0.25) is 11.7 Å². The number of rotatable bonds is 18. The predicted octanol–water partition coefficient (Wildman–Crippen LogP) is 10.0. The minimum Gasteiger partial charge on any atom is -0.480 e. The van der Waals surface area contributed by atoms with Crippen LogP contribution in [0.2, 0.25) is 0 Å². The average Bonchev–Trinajstić information content (AvgIpc) is 3.34. The molecule has 13 nitrogen and oxygen atoms in total. The molecule has 0 bridgehead atoms. The number of carbonyl (C=O) groups excluding carboxylic acids is 5. The number of ether oxygens (including phenoxy) is 4. The van der Waals surface area contributed by atoms with Gasteiger partial charge in [-0.15, -0.1) is 0 Å². The van der Waals surface area contributed by atoms with Crippen molar-refractivity contribution in [2.75, 3.05) is 13.2 Å². The third-order valence-corrected chi connectivity index (χ3v) is 9.98. The molecule has 0 saturated carbocycles. The van der Waals surface area contributed by atoms with Crippen LogP contribution in [0.25, 0.3) is 0 Å². The molecule has 0 aliphatic rings. The monoisotopic (exact) mass is 1060 g/mol. The highest BCUT2D eigenvalue weighted by Crippen LogP contribution is 2.41. The number of amides is 2. The molecule has 0 heterocycles. The highest BCUT2D eigenvalue weighted by atomic mass is 19.4. The van der Waals surface area contributed by atoms with Crippen molar-refractivity contribution in [3.8, 4) is 0 Å². The van der Waals surface area contributed by atoms with Crippen molar-refractivity contribution in [3.05, 3.63) is 177 Å². The number of halogens is 12. The molecular formula is C49H40F12N2O11. The molecule has 74 heavy (non-hydrogen) atoms. The largest absolute Gasteiger partial charge is 0.480 e. The number of alkyl halides is 12. The average molecular weight is 1060 g/mol. The topological polar surface area (TPSA) is 184 Å². The van der Waals surface area contributed by atoms with Gasteiger partial charge in [0, 0.05) is 6.42 Å². The van der Waals surface area contributed by atoms with Crippen LogP contribution in [0.15, 0.2) is 127 Å².